The van der Waals surface area contributed by atoms with Crippen LogP contribution in [0.3, 0.4) is 0 Å². The Morgan fingerprint density at radius 1 is 0.711 bits per heavy atom. The molecule has 38 heavy (non-hydrogen) atoms. The van der Waals surface area contributed by atoms with E-state index >= 15 is 0 Å². The molecule has 3 saturated carbocycles. The van der Waals surface area contributed by atoms with Gasteiger partial charge in [0.2, 0.25) is 0 Å². The summed E-state index contributed by atoms with van der Waals surface area (Å²) in [6, 6.07) is 10.8. The van der Waals surface area contributed by atoms with E-state index in [9.17, 15) is 0 Å². The van der Waals surface area contributed by atoms with E-state index < -0.39 is 0 Å². The van der Waals surface area contributed by atoms with Crippen LogP contribution in [-0.2, 0) is 9.47 Å². The first kappa shape index (κ1) is 28.6. The molecule has 2 unspecified atom stereocenters. The van der Waals surface area contributed by atoms with Crippen molar-refractivity contribution in [3.05, 3.63) is 35.4 Å². The van der Waals surface area contributed by atoms with Crippen molar-refractivity contribution in [3.8, 4) is 0 Å². The third-order valence-corrected chi connectivity index (χ3v) is 10.8. The van der Waals surface area contributed by atoms with Crippen LogP contribution in [0.15, 0.2) is 24.3 Å². The van der Waals surface area contributed by atoms with Crippen molar-refractivity contribution < 1.29 is 9.47 Å². The minimum absolute atomic E-state index is 0.672. The Balaban J connectivity index is 1.35. The number of rotatable bonds is 11. The maximum absolute atomic E-state index is 5.81. The second-order valence-electron chi connectivity index (χ2n) is 13.4. The minimum Gasteiger partial charge on any atom is -0.382 e. The summed E-state index contributed by atoms with van der Waals surface area (Å²) >= 11 is 0. The number of benzene rings is 1. The standard InChI is InChI=1S/C35H57NO2/c1-2-37-22-19-28-13-18-35(34(25-28)33-16-14-31(15-17-33)32-20-23-38-24-21-32)36(26-29-9-5-3-6-10-29)27-30-11-7-4-8-12-30/h14-17,28-30,32,34-35H,2-13,18-27H2,1H3/t28?,34?,35-/m1/s1. The summed E-state index contributed by atoms with van der Waals surface area (Å²) in [6.07, 6.45) is 22.4. The van der Waals surface area contributed by atoms with Gasteiger partial charge < -0.3 is 9.47 Å². The molecule has 3 nitrogen and oxygen atoms in total. The molecular formula is C35H57NO2. The first-order valence-corrected chi connectivity index (χ1v) is 16.8. The van der Waals surface area contributed by atoms with Gasteiger partial charge in [-0.25, -0.2) is 0 Å². The quantitative estimate of drug-likeness (QED) is 0.271. The summed E-state index contributed by atoms with van der Waals surface area (Å²) < 4.78 is 11.5. The normalized spacial score (nSPS) is 28.6. The first-order valence-electron chi connectivity index (χ1n) is 16.8. The molecule has 1 aromatic carbocycles. The Morgan fingerprint density at radius 2 is 1.32 bits per heavy atom. The van der Waals surface area contributed by atoms with Crippen LogP contribution in [-0.4, -0.2) is 50.5 Å². The Kier molecular flexibility index (Phi) is 11.4. The third-order valence-electron chi connectivity index (χ3n) is 10.8. The topological polar surface area (TPSA) is 21.7 Å². The predicted molar refractivity (Wildman–Crippen MR) is 159 cm³/mol. The summed E-state index contributed by atoms with van der Waals surface area (Å²) in [7, 11) is 0. The minimum atomic E-state index is 0.672. The van der Waals surface area contributed by atoms with Gasteiger partial charge in [-0.3, -0.25) is 4.90 Å². The fourth-order valence-corrected chi connectivity index (χ4v) is 8.49. The van der Waals surface area contributed by atoms with E-state index in [-0.39, 0.29) is 0 Å². The Labute approximate surface area is 234 Å². The van der Waals surface area contributed by atoms with Crippen molar-refractivity contribution in [3.63, 3.8) is 0 Å². The van der Waals surface area contributed by atoms with Crippen LogP contribution in [0.4, 0.5) is 0 Å². The van der Waals surface area contributed by atoms with Crippen LogP contribution < -0.4 is 0 Å². The van der Waals surface area contributed by atoms with Crippen molar-refractivity contribution in [2.45, 2.75) is 128 Å². The van der Waals surface area contributed by atoms with Crippen LogP contribution in [0, 0.1) is 17.8 Å². The van der Waals surface area contributed by atoms with Gasteiger partial charge in [0.25, 0.3) is 0 Å². The molecule has 1 aliphatic heterocycles. The molecule has 0 radical (unpaired) electrons. The van der Waals surface area contributed by atoms with Gasteiger partial charge in [0.1, 0.15) is 0 Å². The van der Waals surface area contributed by atoms with E-state index in [1.54, 1.807) is 11.1 Å². The molecule has 214 valence electrons. The molecule has 0 amide bonds. The second-order valence-corrected chi connectivity index (χ2v) is 13.4. The summed E-state index contributed by atoms with van der Waals surface area (Å²) in [5, 5.41) is 0. The molecule has 1 saturated heterocycles. The van der Waals surface area contributed by atoms with Crippen LogP contribution in [0.5, 0.6) is 0 Å². The molecule has 3 aliphatic carbocycles. The van der Waals surface area contributed by atoms with Crippen molar-refractivity contribution in [1.29, 1.82) is 0 Å². The zero-order chi connectivity index (χ0) is 26.0. The van der Waals surface area contributed by atoms with Gasteiger partial charge >= 0.3 is 0 Å². The molecular weight excluding hydrogens is 466 g/mol. The van der Waals surface area contributed by atoms with Gasteiger partial charge in [0.15, 0.2) is 0 Å². The zero-order valence-electron chi connectivity index (χ0n) is 24.6. The number of ether oxygens (including phenoxy) is 2. The van der Waals surface area contributed by atoms with Crippen LogP contribution in [0.1, 0.15) is 133 Å². The van der Waals surface area contributed by atoms with Crippen molar-refractivity contribution >= 4 is 0 Å². The average Bonchev–Trinajstić information content (AvgIpc) is 2.99. The summed E-state index contributed by atoms with van der Waals surface area (Å²) in [5.41, 5.74) is 3.16. The van der Waals surface area contributed by atoms with Gasteiger partial charge in [-0.1, -0.05) is 62.8 Å². The lowest BCUT2D eigenvalue weighted by atomic mass is 9.72. The largest absolute Gasteiger partial charge is 0.382 e. The van der Waals surface area contributed by atoms with Crippen LogP contribution in [0.25, 0.3) is 0 Å². The molecule has 0 N–H and O–H groups in total. The summed E-state index contributed by atoms with van der Waals surface area (Å²) in [4.78, 5) is 3.07. The number of hydrogen-bond acceptors (Lipinski definition) is 3. The highest BCUT2D eigenvalue weighted by molar-refractivity contribution is 5.29. The second kappa shape index (κ2) is 15.2. The smallest absolute Gasteiger partial charge is 0.0471 e. The maximum atomic E-state index is 5.81. The van der Waals surface area contributed by atoms with E-state index in [2.05, 4.69) is 36.1 Å². The highest BCUT2D eigenvalue weighted by atomic mass is 16.5. The molecule has 3 atom stereocenters. The maximum Gasteiger partial charge on any atom is 0.0471 e. The molecule has 4 aliphatic rings. The lowest BCUT2D eigenvalue weighted by molar-refractivity contribution is 0.0586. The number of hydrogen-bond donors (Lipinski definition) is 0. The summed E-state index contributed by atoms with van der Waals surface area (Å²) in [6.45, 7) is 8.50. The fourth-order valence-electron chi connectivity index (χ4n) is 8.49. The molecule has 5 rings (SSSR count). The van der Waals surface area contributed by atoms with Crippen LogP contribution >= 0.6 is 0 Å². The van der Waals surface area contributed by atoms with Gasteiger partial charge in [-0.15, -0.1) is 0 Å². The molecule has 1 aromatic rings. The zero-order valence-corrected chi connectivity index (χ0v) is 24.6. The van der Waals surface area contributed by atoms with E-state index in [4.69, 9.17) is 9.47 Å². The highest BCUT2D eigenvalue weighted by Crippen LogP contribution is 2.43. The van der Waals surface area contributed by atoms with Gasteiger partial charge in [0, 0.05) is 45.6 Å². The highest BCUT2D eigenvalue weighted by Gasteiger charge is 2.37. The van der Waals surface area contributed by atoms with Gasteiger partial charge in [0.05, 0.1) is 0 Å². The van der Waals surface area contributed by atoms with Crippen molar-refractivity contribution in [1.82, 2.24) is 4.90 Å². The van der Waals surface area contributed by atoms with Crippen molar-refractivity contribution in [2.24, 2.45) is 17.8 Å². The lowest BCUT2D eigenvalue weighted by Gasteiger charge is -2.46. The average molecular weight is 524 g/mol. The molecule has 3 heteroatoms. The lowest BCUT2D eigenvalue weighted by Crippen LogP contribution is -2.47. The Morgan fingerprint density at radius 3 is 1.92 bits per heavy atom. The molecule has 0 bridgehead atoms. The van der Waals surface area contributed by atoms with Crippen LogP contribution in [0.2, 0.25) is 0 Å². The van der Waals surface area contributed by atoms with Gasteiger partial charge in [-0.05, 0) is 112 Å². The SMILES string of the molecule is CCOCCC1CC[C@@H](N(CC2CCCCC2)CC2CCCCC2)C(c2ccc(C3CCOCC3)cc2)C1. The van der Waals surface area contributed by atoms with E-state index in [1.165, 1.54) is 116 Å². The number of nitrogens with zero attached hydrogens (tertiary/aromatic N) is 1. The van der Waals surface area contributed by atoms with E-state index in [0.717, 1.165) is 50.2 Å². The molecule has 1 heterocycles. The van der Waals surface area contributed by atoms with E-state index in [1.807, 2.05) is 0 Å². The summed E-state index contributed by atoms with van der Waals surface area (Å²) in [5.74, 6) is 4.03. The van der Waals surface area contributed by atoms with E-state index in [0.29, 0.717) is 11.8 Å². The molecule has 4 fully saturated rings. The first-order chi connectivity index (χ1) is 18.8. The fraction of sp³-hybridized carbons (Fsp3) is 0.829. The Bertz CT molecular complexity index is 756. The third kappa shape index (κ3) is 8.07. The monoisotopic (exact) mass is 523 g/mol. The van der Waals surface area contributed by atoms with Crippen molar-refractivity contribution in [2.75, 3.05) is 39.5 Å². The van der Waals surface area contributed by atoms with Gasteiger partial charge in [-0.2, -0.15) is 0 Å². The Hall–Kier alpha value is -0.900. The molecule has 0 spiro atoms. The predicted octanol–water partition coefficient (Wildman–Crippen LogP) is 8.72. The molecule has 0 aromatic heterocycles.